The van der Waals surface area contributed by atoms with Crippen LogP contribution in [0.15, 0.2) is 42.5 Å². The molecule has 4 rings (SSSR count). The molecule has 26 heavy (non-hydrogen) atoms. The van der Waals surface area contributed by atoms with E-state index in [1.807, 2.05) is 42.5 Å². The highest BCUT2D eigenvalue weighted by atomic mass is 35.5. The maximum Gasteiger partial charge on any atom is 0.249 e. The first-order chi connectivity index (χ1) is 12.6. The minimum absolute atomic E-state index is 0.282. The van der Waals surface area contributed by atoms with Crippen LogP contribution in [-0.2, 0) is 11.2 Å². The molecule has 1 atom stereocenters. The lowest BCUT2D eigenvalue weighted by Crippen LogP contribution is -2.42. The van der Waals surface area contributed by atoms with Gasteiger partial charge < -0.3 is 19.7 Å². The first kappa shape index (κ1) is 16.9. The van der Waals surface area contributed by atoms with E-state index in [-0.39, 0.29) is 11.9 Å². The number of aromatic nitrogens is 1. The van der Waals surface area contributed by atoms with Gasteiger partial charge in [0, 0.05) is 28.2 Å². The summed E-state index contributed by atoms with van der Waals surface area (Å²) in [7, 11) is 1.62. The second kappa shape index (κ2) is 6.67. The van der Waals surface area contributed by atoms with Crippen LogP contribution in [0.1, 0.15) is 22.9 Å². The van der Waals surface area contributed by atoms with Gasteiger partial charge in [-0.15, -0.1) is 0 Å². The van der Waals surface area contributed by atoms with Gasteiger partial charge in [-0.25, -0.2) is 0 Å². The summed E-state index contributed by atoms with van der Waals surface area (Å²) in [5.74, 6) is 0.474. The van der Waals surface area contributed by atoms with Gasteiger partial charge in [-0.1, -0.05) is 23.7 Å². The molecule has 0 bridgehead atoms. The lowest BCUT2D eigenvalue weighted by atomic mass is 9.92. The number of hydrogen-bond acceptors (Lipinski definition) is 3. The van der Waals surface area contributed by atoms with Crippen LogP contribution in [0.3, 0.4) is 0 Å². The monoisotopic (exact) mass is 370 g/mol. The van der Waals surface area contributed by atoms with E-state index in [0.717, 1.165) is 27.9 Å². The number of fused-ring (bicyclic) bond motifs is 3. The molecule has 6 heteroatoms. The van der Waals surface area contributed by atoms with Gasteiger partial charge in [0.05, 0.1) is 13.2 Å². The molecule has 0 saturated heterocycles. The van der Waals surface area contributed by atoms with Crippen molar-refractivity contribution in [2.45, 2.75) is 12.5 Å². The van der Waals surface area contributed by atoms with Gasteiger partial charge >= 0.3 is 0 Å². The molecule has 2 heterocycles. The molecule has 1 aromatic heterocycles. The number of rotatable bonds is 3. The molecule has 0 aliphatic carbocycles. The van der Waals surface area contributed by atoms with Gasteiger partial charge in [-0.2, -0.15) is 0 Å². The molecule has 0 radical (unpaired) electrons. The number of nitrogens with zero attached hydrogens (tertiary/aromatic N) is 1. The quantitative estimate of drug-likeness (QED) is 0.743. The number of aromatic amines is 1. The van der Waals surface area contributed by atoms with Crippen LogP contribution in [0.2, 0.25) is 5.02 Å². The van der Waals surface area contributed by atoms with E-state index >= 15 is 0 Å². The third kappa shape index (κ3) is 2.73. The molecule has 3 aromatic rings. The number of hydrogen-bond donors (Lipinski definition) is 2. The molecular formula is C20H19ClN2O3. The van der Waals surface area contributed by atoms with Crippen LogP contribution in [0.5, 0.6) is 5.75 Å². The largest absolute Gasteiger partial charge is 0.497 e. The molecule has 1 aliphatic heterocycles. The minimum Gasteiger partial charge on any atom is -0.497 e. The molecule has 0 fully saturated rings. The van der Waals surface area contributed by atoms with Crippen molar-refractivity contribution >= 4 is 28.4 Å². The first-order valence-electron chi connectivity index (χ1n) is 8.46. The zero-order chi connectivity index (χ0) is 18.3. The van der Waals surface area contributed by atoms with E-state index in [1.54, 1.807) is 12.0 Å². The summed E-state index contributed by atoms with van der Waals surface area (Å²) in [5, 5.41) is 11.2. The molecule has 1 aliphatic rings. The van der Waals surface area contributed by atoms with E-state index in [0.29, 0.717) is 18.0 Å². The molecule has 5 nitrogen and oxygen atoms in total. The number of halogens is 1. The smallest absolute Gasteiger partial charge is 0.249 e. The van der Waals surface area contributed by atoms with Gasteiger partial charge in [-0.3, -0.25) is 4.79 Å². The molecular weight excluding hydrogens is 352 g/mol. The zero-order valence-corrected chi connectivity index (χ0v) is 15.1. The molecule has 1 amide bonds. The Morgan fingerprint density at radius 1 is 1.31 bits per heavy atom. The number of carbonyl (C=O) groups excluding carboxylic acids is 1. The summed E-state index contributed by atoms with van der Waals surface area (Å²) in [6, 6.07) is 13.2. The van der Waals surface area contributed by atoms with Crippen molar-refractivity contribution < 1.29 is 14.6 Å². The Hall–Kier alpha value is -2.50. The van der Waals surface area contributed by atoms with Crippen LogP contribution >= 0.6 is 11.6 Å². The van der Waals surface area contributed by atoms with E-state index in [1.165, 1.54) is 5.56 Å². The van der Waals surface area contributed by atoms with Crippen molar-refractivity contribution in [3.63, 3.8) is 0 Å². The van der Waals surface area contributed by atoms with E-state index in [9.17, 15) is 9.90 Å². The minimum atomic E-state index is -0.506. The van der Waals surface area contributed by atoms with E-state index in [4.69, 9.17) is 16.3 Å². The summed E-state index contributed by atoms with van der Waals surface area (Å²) in [6.45, 7) is 0.0383. The predicted molar refractivity (Wildman–Crippen MR) is 101 cm³/mol. The normalized spacial score (nSPS) is 16.6. The summed E-state index contributed by atoms with van der Waals surface area (Å²) in [5.41, 5.74) is 4.10. The lowest BCUT2D eigenvalue weighted by Gasteiger charge is -2.36. The van der Waals surface area contributed by atoms with Gasteiger partial charge in [-0.05, 0) is 47.9 Å². The SMILES string of the molecule is COc1ccc(C2c3[nH]c4ccc(Cl)cc4c3CCN2C(=O)CO)cc1. The van der Waals surface area contributed by atoms with Crippen LogP contribution in [0.25, 0.3) is 10.9 Å². The third-order valence-electron chi connectivity index (χ3n) is 4.98. The molecule has 0 spiro atoms. The van der Waals surface area contributed by atoms with E-state index in [2.05, 4.69) is 4.98 Å². The highest BCUT2D eigenvalue weighted by molar-refractivity contribution is 6.31. The Labute approximate surface area is 156 Å². The zero-order valence-electron chi connectivity index (χ0n) is 14.3. The molecule has 2 N–H and O–H groups in total. The van der Waals surface area contributed by atoms with Gasteiger partial charge in [0.2, 0.25) is 5.91 Å². The molecule has 2 aromatic carbocycles. The average Bonchev–Trinajstić information content (AvgIpc) is 3.04. The highest BCUT2D eigenvalue weighted by Gasteiger charge is 2.34. The summed E-state index contributed by atoms with van der Waals surface area (Å²) < 4.78 is 5.24. The number of aliphatic hydroxyl groups excluding tert-OH is 1. The number of ether oxygens (including phenoxy) is 1. The number of benzene rings is 2. The number of methoxy groups -OCH3 is 1. The maximum atomic E-state index is 12.4. The number of amides is 1. The molecule has 134 valence electrons. The van der Waals surface area contributed by atoms with Gasteiger partial charge in [0.25, 0.3) is 0 Å². The fourth-order valence-corrected chi connectivity index (χ4v) is 3.93. The van der Waals surface area contributed by atoms with Gasteiger partial charge in [0.1, 0.15) is 12.4 Å². The van der Waals surface area contributed by atoms with Crippen molar-refractivity contribution in [1.29, 1.82) is 0 Å². The Morgan fingerprint density at radius 2 is 2.08 bits per heavy atom. The van der Waals surface area contributed by atoms with E-state index < -0.39 is 6.61 Å². The van der Waals surface area contributed by atoms with Crippen molar-refractivity contribution in [3.8, 4) is 5.75 Å². The van der Waals surface area contributed by atoms with Crippen LogP contribution in [0.4, 0.5) is 0 Å². The number of H-pyrrole nitrogens is 1. The fraction of sp³-hybridized carbons (Fsp3) is 0.250. The van der Waals surface area contributed by atoms with Crippen molar-refractivity contribution in [2.24, 2.45) is 0 Å². The third-order valence-corrected chi connectivity index (χ3v) is 5.21. The maximum absolute atomic E-state index is 12.4. The summed E-state index contributed by atoms with van der Waals surface area (Å²) in [6.07, 6.45) is 0.716. The standard InChI is InChI=1S/C20H19ClN2O3/c1-26-14-5-2-12(3-6-14)20-19-15(8-9-23(20)18(25)11-24)16-10-13(21)4-7-17(16)22-19/h2-7,10,20,22,24H,8-9,11H2,1H3. The predicted octanol–water partition coefficient (Wildman–Crippen LogP) is 3.30. The Morgan fingerprint density at radius 3 is 2.77 bits per heavy atom. The topological polar surface area (TPSA) is 65.6 Å². The Balaban J connectivity index is 1.88. The first-order valence-corrected chi connectivity index (χ1v) is 8.84. The summed E-state index contributed by atoms with van der Waals surface area (Å²) >= 11 is 6.18. The van der Waals surface area contributed by atoms with Crippen LogP contribution in [0, 0.1) is 0 Å². The number of nitrogens with one attached hydrogen (secondary N) is 1. The van der Waals surface area contributed by atoms with Crippen molar-refractivity contribution in [2.75, 3.05) is 20.3 Å². The highest BCUT2D eigenvalue weighted by Crippen LogP contribution is 2.39. The van der Waals surface area contributed by atoms with Crippen molar-refractivity contribution in [3.05, 3.63) is 64.3 Å². The molecule has 0 saturated carbocycles. The average molecular weight is 371 g/mol. The Bertz CT molecular complexity index is 965. The fourth-order valence-electron chi connectivity index (χ4n) is 3.75. The molecule has 1 unspecified atom stereocenters. The summed E-state index contributed by atoms with van der Waals surface area (Å²) in [4.78, 5) is 17.6. The van der Waals surface area contributed by atoms with Gasteiger partial charge in [0.15, 0.2) is 0 Å². The van der Waals surface area contributed by atoms with Crippen molar-refractivity contribution in [1.82, 2.24) is 9.88 Å². The number of carbonyl (C=O) groups is 1. The second-order valence-corrected chi connectivity index (χ2v) is 6.81. The Kier molecular flexibility index (Phi) is 4.34. The lowest BCUT2D eigenvalue weighted by molar-refractivity contribution is -0.136. The van der Waals surface area contributed by atoms with Crippen LogP contribution < -0.4 is 4.74 Å². The van der Waals surface area contributed by atoms with Crippen LogP contribution in [-0.4, -0.2) is 41.2 Å². The second-order valence-electron chi connectivity index (χ2n) is 6.38. The number of aliphatic hydroxyl groups is 1.